The minimum absolute atomic E-state index is 0.631. The van der Waals surface area contributed by atoms with Gasteiger partial charge in [0.2, 0.25) is 0 Å². The number of hydrogen-bond acceptors (Lipinski definition) is 3. The maximum Gasteiger partial charge on any atom is 0.0723 e. The van der Waals surface area contributed by atoms with Crippen LogP contribution in [0, 0.1) is 0 Å². The number of ether oxygens (including phenoxy) is 1. The van der Waals surface area contributed by atoms with Gasteiger partial charge in [-0.3, -0.25) is 0 Å². The molecule has 3 heteroatoms. The predicted molar refractivity (Wildman–Crippen MR) is 67.4 cm³/mol. The number of nitrogens with zero attached hydrogens (tertiary/aromatic N) is 1. The average Bonchev–Trinajstić information content (AvgIpc) is 2.31. The van der Waals surface area contributed by atoms with Crippen LogP contribution in [-0.4, -0.2) is 12.8 Å². The van der Waals surface area contributed by atoms with E-state index in [9.17, 15) is 0 Å². The molecule has 1 aromatic rings. The molecule has 88 valence electrons. The first kappa shape index (κ1) is 12.7. The van der Waals surface area contributed by atoms with Crippen LogP contribution < -0.4 is 5.84 Å². The second-order valence-corrected chi connectivity index (χ2v) is 3.74. The normalized spacial score (nSPS) is 11.1. The van der Waals surface area contributed by atoms with E-state index < -0.39 is 0 Å². The van der Waals surface area contributed by atoms with Crippen LogP contribution in [0.3, 0.4) is 0 Å². The Balaban J connectivity index is 2.40. The van der Waals surface area contributed by atoms with Crippen LogP contribution in [0.5, 0.6) is 0 Å². The van der Waals surface area contributed by atoms with E-state index in [1.54, 1.807) is 6.21 Å². The maximum atomic E-state index is 5.61. The molecule has 0 aromatic heterocycles. The summed E-state index contributed by atoms with van der Waals surface area (Å²) in [6.07, 6.45) is 5.24. The van der Waals surface area contributed by atoms with E-state index in [4.69, 9.17) is 10.6 Å². The highest BCUT2D eigenvalue weighted by molar-refractivity contribution is 5.81. The van der Waals surface area contributed by atoms with Crippen molar-refractivity contribution in [1.29, 1.82) is 0 Å². The molecule has 0 radical (unpaired) electrons. The molecule has 0 atom stereocenters. The summed E-state index contributed by atoms with van der Waals surface area (Å²) < 4.78 is 5.61. The molecule has 1 aromatic carbocycles. The Morgan fingerprint density at radius 1 is 1.31 bits per heavy atom. The fourth-order valence-corrected chi connectivity index (χ4v) is 1.51. The van der Waals surface area contributed by atoms with E-state index in [2.05, 4.69) is 12.0 Å². The summed E-state index contributed by atoms with van der Waals surface area (Å²) in [5, 5.41) is 3.54. The highest BCUT2D eigenvalue weighted by atomic mass is 16.5. The molecule has 16 heavy (non-hydrogen) atoms. The number of rotatable bonds is 7. The monoisotopic (exact) mass is 220 g/mol. The third-order valence-electron chi connectivity index (χ3n) is 2.42. The third-order valence-corrected chi connectivity index (χ3v) is 2.42. The molecule has 0 unspecified atom stereocenters. The summed E-state index contributed by atoms with van der Waals surface area (Å²) in [4.78, 5) is 0. The fraction of sp³-hybridized carbons (Fsp3) is 0.462. The van der Waals surface area contributed by atoms with Gasteiger partial charge in [-0.15, -0.1) is 0 Å². The minimum atomic E-state index is 0.631. The number of hydrazone groups is 1. The number of hydrogen-bond donors (Lipinski definition) is 1. The molecule has 0 aliphatic rings. The van der Waals surface area contributed by atoms with Gasteiger partial charge >= 0.3 is 0 Å². The van der Waals surface area contributed by atoms with Crippen LogP contribution in [0.1, 0.15) is 37.3 Å². The van der Waals surface area contributed by atoms with Crippen LogP contribution in [0.2, 0.25) is 0 Å². The molecule has 0 aliphatic carbocycles. The van der Waals surface area contributed by atoms with Gasteiger partial charge in [-0.2, -0.15) is 5.10 Å². The van der Waals surface area contributed by atoms with Crippen molar-refractivity contribution in [3.05, 3.63) is 35.4 Å². The molecule has 0 spiro atoms. The Bertz CT molecular complexity index is 323. The number of unbranched alkanes of at least 4 members (excludes halogenated alkanes) is 2. The van der Waals surface area contributed by atoms with Gasteiger partial charge in [0.25, 0.3) is 0 Å². The molecular formula is C13H20N2O. The second-order valence-electron chi connectivity index (χ2n) is 3.74. The molecule has 0 aliphatic heterocycles. The van der Waals surface area contributed by atoms with Crippen molar-refractivity contribution in [3.63, 3.8) is 0 Å². The van der Waals surface area contributed by atoms with E-state index >= 15 is 0 Å². The maximum absolute atomic E-state index is 5.61. The van der Waals surface area contributed by atoms with E-state index in [0.29, 0.717) is 6.61 Å². The van der Waals surface area contributed by atoms with Gasteiger partial charge < -0.3 is 10.6 Å². The van der Waals surface area contributed by atoms with E-state index in [1.807, 2.05) is 24.3 Å². The first-order chi connectivity index (χ1) is 7.88. The van der Waals surface area contributed by atoms with Gasteiger partial charge in [-0.25, -0.2) is 0 Å². The number of benzene rings is 1. The van der Waals surface area contributed by atoms with Crippen molar-refractivity contribution in [1.82, 2.24) is 0 Å². The van der Waals surface area contributed by atoms with Gasteiger partial charge in [0, 0.05) is 6.61 Å². The summed E-state index contributed by atoms with van der Waals surface area (Å²) >= 11 is 0. The smallest absolute Gasteiger partial charge is 0.0723 e. The highest BCUT2D eigenvalue weighted by Crippen LogP contribution is 2.08. The molecule has 1 rings (SSSR count). The first-order valence-electron chi connectivity index (χ1n) is 5.77. The zero-order chi connectivity index (χ0) is 11.6. The third kappa shape index (κ3) is 4.45. The van der Waals surface area contributed by atoms with E-state index in [0.717, 1.165) is 24.2 Å². The van der Waals surface area contributed by atoms with E-state index in [-0.39, 0.29) is 0 Å². The lowest BCUT2D eigenvalue weighted by molar-refractivity contribution is 0.117. The zero-order valence-electron chi connectivity index (χ0n) is 9.86. The van der Waals surface area contributed by atoms with Crippen LogP contribution in [0.4, 0.5) is 0 Å². The largest absolute Gasteiger partial charge is 0.377 e. The molecule has 2 N–H and O–H groups in total. The number of nitrogens with two attached hydrogens (primary N) is 1. The Kier molecular flexibility index (Phi) is 6.26. The quantitative estimate of drug-likeness (QED) is 0.332. The first-order valence-corrected chi connectivity index (χ1v) is 5.77. The molecular weight excluding hydrogens is 200 g/mol. The summed E-state index contributed by atoms with van der Waals surface area (Å²) in [5.74, 6) is 5.15. The molecule has 0 saturated heterocycles. The fourth-order valence-electron chi connectivity index (χ4n) is 1.51. The van der Waals surface area contributed by atoms with Crippen molar-refractivity contribution >= 4 is 6.21 Å². The Hall–Kier alpha value is -1.35. The molecule has 0 fully saturated rings. The molecule has 0 bridgehead atoms. The lowest BCUT2D eigenvalue weighted by atomic mass is 10.1. The van der Waals surface area contributed by atoms with Crippen molar-refractivity contribution in [2.24, 2.45) is 10.9 Å². The Morgan fingerprint density at radius 2 is 2.12 bits per heavy atom. The van der Waals surface area contributed by atoms with Crippen molar-refractivity contribution in [2.45, 2.75) is 32.8 Å². The van der Waals surface area contributed by atoms with Crippen LogP contribution in [0.25, 0.3) is 0 Å². The van der Waals surface area contributed by atoms with Gasteiger partial charge in [-0.1, -0.05) is 44.0 Å². The van der Waals surface area contributed by atoms with Gasteiger partial charge in [-0.05, 0) is 17.5 Å². The van der Waals surface area contributed by atoms with Crippen LogP contribution in [-0.2, 0) is 11.3 Å². The van der Waals surface area contributed by atoms with Crippen LogP contribution >= 0.6 is 0 Å². The summed E-state index contributed by atoms with van der Waals surface area (Å²) in [7, 11) is 0. The average molecular weight is 220 g/mol. The van der Waals surface area contributed by atoms with E-state index in [1.165, 1.54) is 12.8 Å². The SMILES string of the molecule is CCCCCOCc1ccccc1C=NN. The van der Waals surface area contributed by atoms with Gasteiger partial charge in [0.1, 0.15) is 0 Å². The summed E-state index contributed by atoms with van der Waals surface area (Å²) in [5.41, 5.74) is 2.16. The summed E-state index contributed by atoms with van der Waals surface area (Å²) in [6, 6.07) is 7.99. The van der Waals surface area contributed by atoms with Crippen molar-refractivity contribution < 1.29 is 4.74 Å². The standard InChI is InChI=1S/C13H20N2O/c1-2-3-6-9-16-11-13-8-5-4-7-12(13)10-15-14/h4-5,7-8,10H,2-3,6,9,11,14H2,1H3. The molecule has 0 amide bonds. The molecule has 0 saturated carbocycles. The van der Waals surface area contributed by atoms with Crippen LogP contribution in [0.15, 0.2) is 29.4 Å². The van der Waals surface area contributed by atoms with Gasteiger partial charge in [0.15, 0.2) is 0 Å². The Labute approximate surface area is 97.3 Å². The van der Waals surface area contributed by atoms with Crippen molar-refractivity contribution in [2.75, 3.05) is 6.61 Å². The predicted octanol–water partition coefficient (Wildman–Crippen LogP) is 2.69. The topological polar surface area (TPSA) is 47.6 Å². The summed E-state index contributed by atoms with van der Waals surface area (Å²) in [6.45, 7) is 3.64. The van der Waals surface area contributed by atoms with Crippen molar-refractivity contribution in [3.8, 4) is 0 Å². The minimum Gasteiger partial charge on any atom is -0.377 e. The molecule has 3 nitrogen and oxygen atoms in total. The lowest BCUT2D eigenvalue weighted by Gasteiger charge is -2.06. The zero-order valence-corrected chi connectivity index (χ0v) is 9.86. The lowest BCUT2D eigenvalue weighted by Crippen LogP contribution is -1.99. The van der Waals surface area contributed by atoms with Gasteiger partial charge in [0.05, 0.1) is 12.8 Å². The highest BCUT2D eigenvalue weighted by Gasteiger charge is 1.99. The second kappa shape index (κ2) is 7.88. The Morgan fingerprint density at radius 3 is 2.88 bits per heavy atom. The molecule has 0 heterocycles.